The van der Waals surface area contributed by atoms with Gasteiger partial charge in [0.15, 0.2) is 0 Å². The lowest BCUT2D eigenvalue weighted by atomic mass is 10.1. The minimum atomic E-state index is -3.76. The molecule has 7 nitrogen and oxygen atoms in total. The summed E-state index contributed by atoms with van der Waals surface area (Å²) in [5, 5.41) is 5.11. The van der Waals surface area contributed by atoms with Crippen LogP contribution in [0.1, 0.15) is 28.9 Å². The largest absolute Gasteiger partial charge is 0.495 e. The first-order chi connectivity index (χ1) is 12.6. The zero-order chi connectivity index (χ0) is 20.4. The molecule has 0 unspecified atom stereocenters. The van der Waals surface area contributed by atoms with Crippen LogP contribution in [0.2, 0.25) is 0 Å². The van der Waals surface area contributed by atoms with Gasteiger partial charge in [-0.05, 0) is 52.7 Å². The normalized spacial score (nSPS) is 12.4. The molecule has 146 valence electrons. The molecule has 0 saturated heterocycles. The second-order valence-electron chi connectivity index (χ2n) is 5.90. The topological polar surface area (TPSA) is 98.9 Å². The van der Waals surface area contributed by atoms with Gasteiger partial charge < -0.3 is 14.4 Å². The third kappa shape index (κ3) is 4.60. The highest BCUT2D eigenvalue weighted by atomic mass is 79.9. The van der Waals surface area contributed by atoms with Crippen LogP contribution in [0.25, 0.3) is 0 Å². The van der Waals surface area contributed by atoms with Crippen molar-refractivity contribution in [3.63, 3.8) is 0 Å². The van der Waals surface area contributed by atoms with Crippen LogP contribution in [0.3, 0.4) is 0 Å². The molecule has 0 aromatic heterocycles. The SMILES string of the molecule is COc1cc(C(=O)N(C)[C@@H](C)c2ccc(S(N)(=O)=O)cc2)cc(OC)c1Br. The molecule has 0 aliphatic rings. The smallest absolute Gasteiger partial charge is 0.254 e. The summed E-state index contributed by atoms with van der Waals surface area (Å²) in [5.74, 6) is 0.731. The van der Waals surface area contributed by atoms with Crippen molar-refractivity contribution in [1.29, 1.82) is 0 Å². The summed E-state index contributed by atoms with van der Waals surface area (Å²) in [4.78, 5) is 14.5. The first-order valence-corrected chi connectivity index (χ1v) is 10.3. The van der Waals surface area contributed by atoms with Gasteiger partial charge in [0.1, 0.15) is 16.0 Å². The van der Waals surface area contributed by atoms with Crippen LogP contribution >= 0.6 is 15.9 Å². The summed E-state index contributed by atoms with van der Waals surface area (Å²) in [7, 11) is 0.925. The minimum absolute atomic E-state index is 0.0230. The van der Waals surface area contributed by atoms with Crippen molar-refractivity contribution < 1.29 is 22.7 Å². The van der Waals surface area contributed by atoms with E-state index in [2.05, 4.69) is 15.9 Å². The van der Waals surface area contributed by atoms with Gasteiger partial charge in [0.2, 0.25) is 10.0 Å². The van der Waals surface area contributed by atoms with Crippen molar-refractivity contribution in [2.45, 2.75) is 17.9 Å². The van der Waals surface area contributed by atoms with Crippen LogP contribution in [0, 0.1) is 0 Å². The molecule has 0 radical (unpaired) electrons. The number of methoxy groups -OCH3 is 2. The molecular formula is C18H21BrN2O5S. The number of nitrogens with two attached hydrogens (primary N) is 1. The van der Waals surface area contributed by atoms with Gasteiger partial charge in [-0.2, -0.15) is 0 Å². The van der Waals surface area contributed by atoms with E-state index in [-0.39, 0.29) is 16.8 Å². The lowest BCUT2D eigenvalue weighted by Crippen LogP contribution is -2.29. The number of amides is 1. The molecule has 0 spiro atoms. The maximum absolute atomic E-state index is 12.9. The molecular weight excluding hydrogens is 436 g/mol. The number of rotatable bonds is 6. The van der Waals surface area contributed by atoms with E-state index in [0.29, 0.717) is 21.5 Å². The molecule has 27 heavy (non-hydrogen) atoms. The van der Waals surface area contributed by atoms with Crippen molar-refractivity contribution in [3.05, 3.63) is 52.0 Å². The number of halogens is 1. The van der Waals surface area contributed by atoms with E-state index in [1.165, 1.54) is 26.4 Å². The fraction of sp³-hybridized carbons (Fsp3) is 0.278. The predicted octanol–water partition coefficient (Wildman–Crippen LogP) is 2.95. The van der Waals surface area contributed by atoms with Gasteiger partial charge in [0.05, 0.1) is 25.2 Å². The van der Waals surface area contributed by atoms with E-state index in [0.717, 1.165) is 5.56 Å². The molecule has 0 bridgehead atoms. The number of hydrogen-bond acceptors (Lipinski definition) is 5. The number of ether oxygens (including phenoxy) is 2. The zero-order valence-corrected chi connectivity index (χ0v) is 17.8. The van der Waals surface area contributed by atoms with Crippen LogP contribution in [0.15, 0.2) is 45.8 Å². The maximum Gasteiger partial charge on any atom is 0.254 e. The third-order valence-electron chi connectivity index (χ3n) is 4.28. The van der Waals surface area contributed by atoms with Crippen molar-refractivity contribution in [2.75, 3.05) is 21.3 Å². The van der Waals surface area contributed by atoms with Crippen LogP contribution in [0.5, 0.6) is 11.5 Å². The van der Waals surface area contributed by atoms with Gasteiger partial charge >= 0.3 is 0 Å². The van der Waals surface area contributed by atoms with E-state index < -0.39 is 10.0 Å². The Balaban J connectivity index is 2.31. The summed E-state index contributed by atoms with van der Waals surface area (Å²) >= 11 is 3.38. The quantitative estimate of drug-likeness (QED) is 0.719. The molecule has 2 aromatic rings. The molecule has 0 aliphatic heterocycles. The molecule has 0 fully saturated rings. The van der Waals surface area contributed by atoms with Gasteiger partial charge in [-0.1, -0.05) is 12.1 Å². The fourth-order valence-corrected chi connectivity index (χ4v) is 3.60. The molecule has 2 aromatic carbocycles. The third-order valence-corrected chi connectivity index (χ3v) is 6.00. The maximum atomic E-state index is 12.9. The second kappa shape index (κ2) is 8.28. The van der Waals surface area contributed by atoms with Gasteiger partial charge in [-0.15, -0.1) is 0 Å². The lowest BCUT2D eigenvalue weighted by Gasteiger charge is -2.26. The van der Waals surface area contributed by atoms with E-state index in [4.69, 9.17) is 14.6 Å². The Labute approximate surface area is 167 Å². The lowest BCUT2D eigenvalue weighted by molar-refractivity contribution is 0.0741. The van der Waals surface area contributed by atoms with Gasteiger partial charge in [-0.3, -0.25) is 4.79 Å². The van der Waals surface area contributed by atoms with Crippen molar-refractivity contribution in [3.8, 4) is 11.5 Å². The second-order valence-corrected chi connectivity index (χ2v) is 8.26. The highest BCUT2D eigenvalue weighted by molar-refractivity contribution is 9.10. The summed E-state index contributed by atoms with van der Waals surface area (Å²) in [6.45, 7) is 1.84. The predicted molar refractivity (Wildman–Crippen MR) is 106 cm³/mol. The Morgan fingerprint density at radius 3 is 2.00 bits per heavy atom. The first-order valence-electron chi connectivity index (χ1n) is 7.91. The summed E-state index contributed by atoms with van der Waals surface area (Å²) in [5.41, 5.74) is 1.18. The van der Waals surface area contributed by atoms with Crippen molar-refractivity contribution >= 4 is 31.9 Å². The number of hydrogen-bond donors (Lipinski definition) is 1. The minimum Gasteiger partial charge on any atom is -0.495 e. The van der Waals surface area contributed by atoms with Crippen LogP contribution in [0.4, 0.5) is 0 Å². The molecule has 1 atom stereocenters. The average molecular weight is 457 g/mol. The number of nitrogens with zero attached hydrogens (tertiary/aromatic N) is 1. The number of carbonyl (C=O) groups excluding carboxylic acids is 1. The Bertz CT molecular complexity index is 920. The number of primary sulfonamides is 1. The molecule has 2 rings (SSSR count). The Hall–Kier alpha value is -2.10. The van der Waals surface area contributed by atoms with Gasteiger partial charge in [0.25, 0.3) is 5.91 Å². The van der Waals surface area contributed by atoms with E-state index in [1.807, 2.05) is 6.92 Å². The first kappa shape index (κ1) is 21.2. The van der Waals surface area contributed by atoms with Crippen LogP contribution in [-0.4, -0.2) is 40.5 Å². The highest BCUT2D eigenvalue weighted by Crippen LogP contribution is 2.36. The van der Waals surface area contributed by atoms with Gasteiger partial charge in [0, 0.05) is 12.6 Å². The Morgan fingerprint density at radius 1 is 1.11 bits per heavy atom. The Morgan fingerprint density at radius 2 is 1.59 bits per heavy atom. The number of sulfonamides is 1. The van der Waals surface area contributed by atoms with E-state index >= 15 is 0 Å². The summed E-state index contributed by atoms with van der Waals surface area (Å²) < 4.78 is 33.9. The number of carbonyl (C=O) groups is 1. The van der Waals surface area contributed by atoms with E-state index in [9.17, 15) is 13.2 Å². The monoisotopic (exact) mass is 456 g/mol. The molecule has 0 saturated carbocycles. The average Bonchev–Trinajstić information content (AvgIpc) is 2.65. The van der Waals surface area contributed by atoms with Crippen molar-refractivity contribution in [1.82, 2.24) is 4.90 Å². The summed E-state index contributed by atoms with van der Waals surface area (Å²) in [6, 6.07) is 9.07. The highest BCUT2D eigenvalue weighted by Gasteiger charge is 2.22. The molecule has 9 heteroatoms. The molecule has 0 aliphatic carbocycles. The van der Waals surface area contributed by atoms with Gasteiger partial charge in [-0.25, -0.2) is 13.6 Å². The van der Waals surface area contributed by atoms with Crippen molar-refractivity contribution in [2.24, 2.45) is 5.14 Å². The summed E-state index contributed by atoms with van der Waals surface area (Å²) in [6.07, 6.45) is 0. The zero-order valence-electron chi connectivity index (χ0n) is 15.4. The Kier molecular flexibility index (Phi) is 6.50. The standard InChI is InChI=1S/C18H21BrN2O5S/c1-11(12-5-7-14(8-6-12)27(20,23)24)21(2)18(22)13-9-15(25-3)17(19)16(10-13)26-4/h5-11H,1-4H3,(H2,20,23,24)/t11-/m0/s1. The molecule has 0 heterocycles. The number of benzene rings is 2. The fourth-order valence-electron chi connectivity index (χ4n) is 2.53. The van der Waals surface area contributed by atoms with E-state index in [1.54, 1.807) is 36.2 Å². The van der Waals surface area contributed by atoms with Crippen LogP contribution < -0.4 is 14.6 Å². The molecule has 2 N–H and O–H groups in total. The van der Waals surface area contributed by atoms with Crippen LogP contribution in [-0.2, 0) is 10.0 Å². The molecule has 1 amide bonds.